The number of aromatic nitrogens is 2. The highest BCUT2D eigenvalue weighted by molar-refractivity contribution is 5.90. The minimum absolute atomic E-state index is 0.295. The van der Waals surface area contributed by atoms with Crippen LogP contribution in [-0.2, 0) is 11.3 Å². The van der Waals surface area contributed by atoms with E-state index < -0.39 is 0 Å². The molecule has 0 spiro atoms. The summed E-state index contributed by atoms with van der Waals surface area (Å²) in [5, 5.41) is 8.24. The number of carbonyl (C=O) groups is 1. The molecular weight excluding hydrogens is 414 g/mol. The van der Waals surface area contributed by atoms with Crippen LogP contribution >= 0.6 is 0 Å². The van der Waals surface area contributed by atoms with Crippen molar-refractivity contribution in [1.82, 2.24) is 15.3 Å². The number of nitrogens with one attached hydrogen (secondary N) is 2. The van der Waals surface area contributed by atoms with Crippen molar-refractivity contribution in [2.75, 3.05) is 30.9 Å². The number of rotatable bonds is 8. The van der Waals surface area contributed by atoms with Gasteiger partial charge in [-0.2, -0.15) is 4.98 Å². The van der Waals surface area contributed by atoms with Crippen LogP contribution < -0.4 is 20.3 Å². The van der Waals surface area contributed by atoms with Gasteiger partial charge in [0, 0.05) is 39.0 Å². The second-order valence-electron chi connectivity index (χ2n) is 9.01. The average Bonchev–Trinajstić information content (AvgIpc) is 2.80. The molecule has 2 aromatic carbocycles. The molecule has 0 atom stereocenters. The van der Waals surface area contributed by atoms with Gasteiger partial charge >= 0.3 is 5.97 Å². The summed E-state index contributed by atoms with van der Waals surface area (Å²) in [5.74, 6) is 2.64. The van der Waals surface area contributed by atoms with E-state index in [0.717, 1.165) is 48.6 Å². The highest BCUT2D eigenvalue weighted by Gasteiger charge is 2.22. The molecule has 1 heterocycles. The first-order chi connectivity index (χ1) is 16.0. The van der Waals surface area contributed by atoms with Crippen LogP contribution in [0.2, 0.25) is 0 Å². The first-order valence-electron chi connectivity index (χ1n) is 11.7. The third-order valence-corrected chi connectivity index (χ3v) is 6.13. The van der Waals surface area contributed by atoms with Crippen molar-refractivity contribution < 1.29 is 9.53 Å². The molecule has 3 aromatic rings. The zero-order chi connectivity index (χ0) is 23.2. The van der Waals surface area contributed by atoms with E-state index >= 15 is 0 Å². The summed E-state index contributed by atoms with van der Waals surface area (Å²) >= 11 is 0. The van der Waals surface area contributed by atoms with Gasteiger partial charge in [-0.3, -0.25) is 4.79 Å². The largest absolute Gasteiger partial charge is 0.427 e. The Morgan fingerprint density at radius 3 is 2.45 bits per heavy atom. The minimum Gasteiger partial charge on any atom is -0.427 e. The van der Waals surface area contributed by atoms with Crippen molar-refractivity contribution in [2.24, 2.45) is 5.92 Å². The Hall–Kier alpha value is -3.19. The molecule has 2 N–H and O–H groups in total. The number of para-hydroxylation sites is 1. The zero-order valence-electron chi connectivity index (χ0n) is 19.7. The molecule has 33 heavy (non-hydrogen) atoms. The number of anilines is 2. The van der Waals surface area contributed by atoms with Gasteiger partial charge in [0.15, 0.2) is 0 Å². The summed E-state index contributed by atoms with van der Waals surface area (Å²) in [6, 6.07) is 16.2. The predicted octanol–water partition coefficient (Wildman–Crippen LogP) is 4.38. The summed E-state index contributed by atoms with van der Waals surface area (Å²) in [7, 11) is 4.04. The molecule has 0 amide bonds. The van der Waals surface area contributed by atoms with Crippen molar-refractivity contribution in [1.29, 1.82) is 0 Å². The lowest BCUT2D eigenvalue weighted by molar-refractivity contribution is -0.131. The van der Waals surface area contributed by atoms with Gasteiger partial charge in [0.1, 0.15) is 11.6 Å². The van der Waals surface area contributed by atoms with Gasteiger partial charge in [0.2, 0.25) is 5.95 Å². The molecule has 7 heteroatoms. The smallest absolute Gasteiger partial charge is 0.308 e. The molecule has 1 aromatic heterocycles. The maximum atomic E-state index is 11.0. The number of hydrogen-bond donors (Lipinski definition) is 2. The van der Waals surface area contributed by atoms with Crippen LogP contribution in [-0.4, -0.2) is 42.6 Å². The molecule has 7 nitrogen and oxygen atoms in total. The molecule has 0 bridgehead atoms. The highest BCUT2D eigenvalue weighted by atomic mass is 16.5. The summed E-state index contributed by atoms with van der Waals surface area (Å²) in [6.45, 7) is 3.24. The third kappa shape index (κ3) is 6.20. The maximum Gasteiger partial charge on any atom is 0.308 e. The van der Waals surface area contributed by atoms with E-state index in [1.54, 1.807) is 0 Å². The second-order valence-corrected chi connectivity index (χ2v) is 9.01. The van der Waals surface area contributed by atoms with E-state index in [0.29, 0.717) is 17.7 Å². The molecule has 1 fully saturated rings. The fourth-order valence-corrected chi connectivity index (χ4v) is 4.42. The maximum absolute atomic E-state index is 11.0. The lowest BCUT2D eigenvalue weighted by Crippen LogP contribution is -2.31. The molecule has 0 aliphatic heterocycles. The Morgan fingerprint density at radius 2 is 1.76 bits per heavy atom. The minimum atomic E-state index is -0.295. The molecule has 4 rings (SSSR count). The van der Waals surface area contributed by atoms with E-state index in [1.807, 2.05) is 61.5 Å². The Balaban J connectivity index is 1.24. The monoisotopic (exact) mass is 447 g/mol. The lowest BCUT2D eigenvalue weighted by atomic mass is 9.86. The van der Waals surface area contributed by atoms with Crippen molar-refractivity contribution in [3.8, 4) is 5.75 Å². The summed E-state index contributed by atoms with van der Waals surface area (Å²) in [5.41, 5.74) is 2.16. The first-order valence-corrected chi connectivity index (χ1v) is 11.7. The van der Waals surface area contributed by atoms with Gasteiger partial charge < -0.3 is 20.3 Å². The summed E-state index contributed by atoms with van der Waals surface area (Å²) in [4.78, 5) is 22.6. The molecule has 1 aliphatic carbocycles. The molecule has 1 saturated carbocycles. The normalized spacial score (nSPS) is 18.2. The van der Waals surface area contributed by atoms with Crippen LogP contribution in [0, 0.1) is 5.92 Å². The van der Waals surface area contributed by atoms with E-state index in [2.05, 4.69) is 16.7 Å². The van der Waals surface area contributed by atoms with Gasteiger partial charge in [-0.15, -0.1) is 0 Å². The van der Waals surface area contributed by atoms with E-state index in [-0.39, 0.29) is 5.97 Å². The van der Waals surface area contributed by atoms with Gasteiger partial charge in [-0.1, -0.05) is 24.3 Å². The van der Waals surface area contributed by atoms with Gasteiger partial charge in [0.05, 0.1) is 5.52 Å². The molecule has 0 unspecified atom stereocenters. The fraction of sp³-hybridized carbons (Fsp3) is 0.423. The number of carbonyl (C=O) groups excluding carboxylic acids is 1. The van der Waals surface area contributed by atoms with E-state index in [9.17, 15) is 4.79 Å². The predicted molar refractivity (Wildman–Crippen MR) is 133 cm³/mol. The lowest BCUT2D eigenvalue weighted by Gasteiger charge is -2.29. The molecule has 174 valence electrons. The summed E-state index contributed by atoms with van der Waals surface area (Å²) in [6.07, 6.45) is 4.61. The average molecular weight is 448 g/mol. The van der Waals surface area contributed by atoms with Crippen molar-refractivity contribution in [3.05, 3.63) is 54.1 Å². The standard InChI is InChI=1S/C26H33N5O2/c1-18(32)33-22-14-10-20(11-15-22)17-27-16-19-8-12-21(13-9-19)28-26-29-24-7-5-4-6-23(24)25(30-26)31(2)3/h4-7,10-11,14-15,19,21,27H,8-9,12-13,16-17H2,1-3H3,(H,28,29,30). The number of benzene rings is 2. The van der Waals surface area contributed by atoms with Gasteiger partial charge in [0.25, 0.3) is 0 Å². The van der Waals surface area contributed by atoms with Crippen LogP contribution in [0.4, 0.5) is 11.8 Å². The van der Waals surface area contributed by atoms with E-state index in [4.69, 9.17) is 14.7 Å². The number of hydrogen-bond acceptors (Lipinski definition) is 7. The number of nitrogens with zero attached hydrogens (tertiary/aromatic N) is 3. The Bertz CT molecular complexity index is 1080. The highest BCUT2D eigenvalue weighted by Crippen LogP contribution is 2.28. The third-order valence-electron chi connectivity index (χ3n) is 6.13. The SMILES string of the molecule is CC(=O)Oc1ccc(CNCC2CCC(Nc3nc(N(C)C)c4ccccc4n3)CC2)cc1. The van der Waals surface area contributed by atoms with E-state index in [1.165, 1.54) is 25.3 Å². The number of esters is 1. The van der Waals surface area contributed by atoms with Crippen LogP contribution in [0.5, 0.6) is 5.75 Å². The van der Waals surface area contributed by atoms with Crippen molar-refractivity contribution in [2.45, 2.75) is 45.2 Å². The van der Waals surface area contributed by atoms with Crippen molar-refractivity contribution >= 4 is 28.6 Å². The quantitative estimate of drug-likeness (QED) is 0.392. The Morgan fingerprint density at radius 1 is 1.03 bits per heavy atom. The van der Waals surface area contributed by atoms with Crippen LogP contribution in [0.3, 0.4) is 0 Å². The Kier molecular flexibility index (Phi) is 7.40. The second kappa shape index (κ2) is 10.6. The van der Waals surface area contributed by atoms with Crippen LogP contribution in [0.15, 0.2) is 48.5 Å². The first kappa shape index (κ1) is 23.0. The van der Waals surface area contributed by atoms with Crippen LogP contribution in [0.25, 0.3) is 10.9 Å². The van der Waals surface area contributed by atoms with Gasteiger partial charge in [-0.05, 0) is 68.0 Å². The molecule has 0 radical (unpaired) electrons. The number of ether oxygens (including phenoxy) is 1. The summed E-state index contributed by atoms with van der Waals surface area (Å²) < 4.78 is 5.08. The molecule has 1 aliphatic rings. The zero-order valence-corrected chi connectivity index (χ0v) is 19.7. The fourth-order valence-electron chi connectivity index (χ4n) is 4.42. The number of fused-ring (bicyclic) bond motifs is 1. The molecule has 0 saturated heterocycles. The van der Waals surface area contributed by atoms with Gasteiger partial charge in [-0.25, -0.2) is 4.98 Å². The van der Waals surface area contributed by atoms with Crippen molar-refractivity contribution in [3.63, 3.8) is 0 Å². The topological polar surface area (TPSA) is 79.4 Å². The molecular formula is C26H33N5O2. The Labute approximate surface area is 195 Å². The van der Waals surface area contributed by atoms with Crippen LogP contribution in [0.1, 0.15) is 38.2 Å².